The number of benzene rings is 1. The van der Waals surface area contributed by atoms with E-state index in [0.29, 0.717) is 12.3 Å². The highest BCUT2D eigenvalue weighted by atomic mass is 32.2. The van der Waals surface area contributed by atoms with E-state index in [4.69, 9.17) is 4.42 Å². The lowest BCUT2D eigenvalue weighted by atomic mass is 9.87. The minimum Gasteiger partial charge on any atom is -0.468 e. The third-order valence-electron chi connectivity index (χ3n) is 5.06. The van der Waals surface area contributed by atoms with Crippen molar-refractivity contribution in [2.45, 2.75) is 43.5 Å². The quantitative estimate of drug-likeness (QED) is 0.873. The van der Waals surface area contributed by atoms with E-state index >= 15 is 0 Å². The normalized spacial score (nSPS) is 18.8. The summed E-state index contributed by atoms with van der Waals surface area (Å²) in [7, 11) is -3.66. The van der Waals surface area contributed by atoms with Gasteiger partial charge in [-0.05, 0) is 48.7 Å². The van der Waals surface area contributed by atoms with Gasteiger partial charge in [0.1, 0.15) is 5.76 Å². The van der Waals surface area contributed by atoms with E-state index in [1.165, 1.54) is 6.26 Å². The monoisotopic (exact) mass is 374 g/mol. The van der Waals surface area contributed by atoms with Crippen molar-refractivity contribution in [3.8, 4) is 0 Å². The Labute approximate surface area is 153 Å². The van der Waals surface area contributed by atoms with Crippen LogP contribution in [0.2, 0.25) is 0 Å². The summed E-state index contributed by atoms with van der Waals surface area (Å²) in [6.07, 6.45) is 3.41. The Hall–Kier alpha value is -2.12. The molecule has 138 valence electrons. The molecule has 2 aliphatic rings. The number of nitrogens with one attached hydrogen (secondary N) is 1. The molecule has 0 unspecified atom stereocenters. The van der Waals surface area contributed by atoms with E-state index in [2.05, 4.69) is 4.72 Å². The first-order valence-corrected chi connectivity index (χ1v) is 10.2. The molecule has 0 bridgehead atoms. The molecule has 0 spiro atoms. The molecule has 7 heteroatoms. The summed E-state index contributed by atoms with van der Waals surface area (Å²) in [5.41, 5.74) is 1.44. The topological polar surface area (TPSA) is 79.6 Å². The van der Waals surface area contributed by atoms with Crippen molar-refractivity contribution in [2.75, 3.05) is 11.4 Å². The maximum atomic E-state index is 12.6. The standard InChI is InChI=1S/C19H22N2O4S/c1-19(2)12-21(18(22)13-5-6-13)17-8-7-15(10-16(17)19)26(23,24)20-11-14-4-3-9-25-14/h3-4,7-10,13,20H,5-6,11-12H2,1-2H3. The number of fused-ring (bicyclic) bond motifs is 1. The molecule has 0 atom stereocenters. The van der Waals surface area contributed by atoms with Gasteiger partial charge in [0.15, 0.2) is 0 Å². The summed E-state index contributed by atoms with van der Waals surface area (Å²) in [5.74, 6) is 0.842. The first kappa shape index (κ1) is 17.3. The molecule has 1 saturated carbocycles. The lowest BCUT2D eigenvalue weighted by molar-refractivity contribution is -0.119. The molecule has 1 aromatic heterocycles. The molecule has 6 nitrogen and oxygen atoms in total. The maximum Gasteiger partial charge on any atom is 0.240 e. The zero-order valence-corrected chi connectivity index (χ0v) is 15.7. The Morgan fingerprint density at radius 3 is 2.73 bits per heavy atom. The summed E-state index contributed by atoms with van der Waals surface area (Å²) < 4.78 is 33.0. The van der Waals surface area contributed by atoms with Crippen molar-refractivity contribution in [3.63, 3.8) is 0 Å². The van der Waals surface area contributed by atoms with Crippen LogP contribution >= 0.6 is 0 Å². The molecule has 1 N–H and O–H groups in total. The number of hydrogen-bond donors (Lipinski definition) is 1. The lowest BCUT2D eigenvalue weighted by Crippen LogP contribution is -2.34. The van der Waals surface area contributed by atoms with Crippen LogP contribution in [0.25, 0.3) is 0 Å². The Morgan fingerprint density at radius 2 is 2.08 bits per heavy atom. The van der Waals surface area contributed by atoms with Crippen LogP contribution in [-0.2, 0) is 26.8 Å². The Bertz CT molecular complexity index is 944. The molecule has 4 rings (SSSR count). The molecule has 2 heterocycles. The lowest BCUT2D eigenvalue weighted by Gasteiger charge is -2.20. The van der Waals surface area contributed by atoms with Gasteiger partial charge < -0.3 is 9.32 Å². The number of sulfonamides is 1. The van der Waals surface area contributed by atoms with Crippen LogP contribution in [0, 0.1) is 5.92 Å². The molecule has 2 aromatic rings. The zero-order valence-electron chi connectivity index (χ0n) is 14.9. The molecule has 26 heavy (non-hydrogen) atoms. The smallest absolute Gasteiger partial charge is 0.240 e. The largest absolute Gasteiger partial charge is 0.468 e. The third kappa shape index (κ3) is 3.05. The van der Waals surface area contributed by atoms with Crippen LogP contribution in [0.1, 0.15) is 38.0 Å². The first-order chi connectivity index (χ1) is 12.3. The van der Waals surface area contributed by atoms with Gasteiger partial charge in [0, 0.05) is 23.6 Å². The Morgan fingerprint density at radius 1 is 1.31 bits per heavy atom. The summed E-state index contributed by atoms with van der Waals surface area (Å²) in [4.78, 5) is 14.6. The van der Waals surface area contributed by atoms with E-state index in [9.17, 15) is 13.2 Å². The van der Waals surface area contributed by atoms with Crippen molar-refractivity contribution in [2.24, 2.45) is 5.92 Å². The molecular weight excluding hydrogens is 352 g/mol. The Kier molecular flexibility index (Phi) is 3.96. The SMILES string of the molecule is CC1(C)CN(C(=O)C2CC2)c2ccc(S(=O)(=O)NCc3ccco3)cc21. The number of hydrogen-bond acceptors (Lipinski definition) is 4. The fourth-order valence-electron chi connectivity index (χ4n) is 3.44. The summed E-state index contributed by atoms with van der Waals surface area (Å²) in [6, 6.07) is 8.45. The average molecular weight is 374 g/mol. The van der Waals surface area contributed by atoms with Crippen molar-refractivity contribution < 1.29 is 17.6 Å². The van der Waals surface area contributed by atoms with Gasteiger partial charge in [0.05, 0.1) is 17.7 Å². The van der Waals surface area contributed by atoms with Gasteiger partial charge >= 0.3 is 0 Å². The highest BCUT2D eigenvalue weighted by Gasteiger charge is 2.43. The van der Waals surface area contributed by atoms with E-state index in [1.807, 2.05) is 18.7 Å². The predicted octanol–water partition coefficient (Wildman–Crippen LogP) is 2.79. The highest BCUT2D eigenvalue weighted by molar-refractivity contribution is 7.89. The zero-order chi connectivity index (χ0) is 18.5. The number of nitrogens with zero attached hydrogens (tertiary/aromatic N) is 1. The number of carbonyl (C=O) groups is 1. The van der Waals surface area contributed by atoms with Gasteiger partial charge in [-0.25, -0.2) is 13.1 Å². The number of rotatable bonds is 5. The second-order valence-electron chi connectivity index (χ2n) is 7.67. The molecule has 1 aliphatic heterocycles. The van der Waals surface area contributed by atoms with Gasteiger partial charge in [-0.3, -0.25) is 4.79 Å². The number of anilines is 1. The van der Waals surface area contributed by atoms with Gasteiger partial charge in [-0.1, -0.05) is 13.8 Å². The summed E-state index contributed by atoms with van der Waals surface area (Å²) in [6.45, 7) is 4.76. The van der Waals surface area contributed by atoms with E-state index in [1.54, 1.807) is 30.3 Å². The van der Waals surface area contributed by atoms with Crippen LogP contribution in [-0.4, -0.2) is 20.9 Å². The van der Waals surface area contributed by atoms with Crippen molar-refractivity contribution in [1.29, 1.82) is 0 Å². The summed E-state index contributed by atoms with van der Waals surface area (Å²) in [5, 5.41) is 0. The number of amides is 1. The fourth-order valence-corrected chi connectivity index (χ4v) is 4.45. The minimum absolute atomic E-state index is 0.0993. The second kappa shape index (κ2) is 5.96. The molecule has 1 amide bonds. The number of furan rings is 1. The van der Waals surface area contributed by atoms with Gasteiger partial charge in [0.25, 0.3) is 0 Å². The van der Waals surface area contributed by atoms with E-state index in [-0.39, 0.29) is 28.7 Å². The van der Waals surface area contributed by atoms with Crippen LogP contribution < -0.4 is 9.62 Å². The molecule has 1 aliphatic carbocycles. The number of carbonyl (C=O) groups excluding carboxylic acids is 1. The van der Waals surface area contributed by atoms with Crippen molar-refractivity contribution in [3.05, 3.63) is 47.9 Å². The predicted molar refractivity (Wildman–Crippen MR) is 97.3 cm³/mol. The molecule has 0 radical (unpaired) electrons. The van der Waals surface area contributed by atoms with Gasteiger partial charge in [-0.15, -0.1) is 0 Å². The average Bonchev–Trinajstić information content (AvgIpc) is 3.25. The molecule has 1 aromatic carbocycles. The third-order valence-corrected chi connectivity index (χ3v) is 6.46. The van der Waals surface area contributed by atoms with Gasteiger partial charge in [0.2, 0.25) is 15.9 Å². The maximum absolute atomic E-state index is 12.6. The van der Waals surface area contributed by atoms with E-state index in [0.717, 1.165) is 24.1 Å². The highest BCUT2D eigenvalue weighted by Crippen LogP contribution is 2.44. The van der Waals surface area contributed by atoms with Crippen LogP contribution in [0.15, 0.2) is 45.9 Å². The van der Waals surface area contributed by atoms with Crippen LogP contribution in [0.4, 0.5) is 5.69 Å². The second-order valence-corrected chi connectivity index (χ2v) is 9.43. The van der Waals surface area contributed by atoms with Crippen molar-refractivity contribution in [1.82, 2.24) is 4.72 Å². The van der Waals surface area contributed by atoms with Crippen molar-refractivity contribution >= 4 is 21.6 Å². The van der Waals surface area contributed by atoms with Crippen LogP contribution in [0.3, 0.4) is 0 Å². The van der Waals surface area contributed by atoms with Gasteiger partial charge in [-0.2, -0.15) is 0 Å². The van der Waals surface area contributed by atoms with Crippen LogP contribution in [0.5, 0.6) is 0 Å². The molecular formula is C19H22N2O4S. The fraction of sp³-hybridized carbons (Fsp3) is 0.421. The molecule has 0 saturated heterocycles. The Balaban J connectivity index is 1.62. The minimum atomic E-state index is -3.66. The molecule has 1 fully saturated rings. The first-order valence-electron chi connectivity index (χ1n) is 8.76. The summed E-state index contributed by atoms with van der Waals surface area (Å²) >= 11 is 0. The van der Waals surface area contributed by atoms with E-state index < -0.39 is 10.0 Å².